The summed E-state index contributed by atoms with van der Waals surface area (Å²) in [4.78, 5) is 0. The summed E-state index contributed by atoms with van der Waals surface area (Å²) >= 11 is 0. The summed E-state index contributed by atoms with van der Waals surface area (Å²) in [6.07, 6.45) is 4.10. The van der Waals surface area contributed by atoms with Crippen molar-refractivity contribution < 1.29 is 4.74 Å². The van der Waals surface area contributed by atoms with Gasteiger partial charge in [-0.3, -0.25) is 0 Å². The monoisotopic (exact) mass is 217 g/mol. The smallest absolute Gasteiger partial charge is 0.123 e. The van der Waals surface area contributed by atoms with Crippen molar-refractivity contribution in [2.75, 3.05) is 7.11 Å². The predicted octanol–water partition coefficient (Wildman–Crippen LogP) is 2.74. The molecule has 2 fully saturated rings. The third-order valence-electron chi connectivity index (χ3n) is 4.29. The van der Waals surface area contributed by atoms with Crippen LogP contribution in [0.1, 0.15) is 30.9 Å². The van der Waals surface area contributed by atoms with Crippen LogP contribution in [0.2, 0.25) is 0 Å². The number of hydrogen-bond acceptors (Lipinski definition) is 2. The van der Waals surface area contributed by atoms with Crippen LogP contribution in [0, 0.1) is 17.8 Å². The first kappa shape index (κ1) is 10.2. The number of rotatable bonds is 3. The summed E-state index contributed by atoms with van der Waals surface area (Å²) in [5.74, 6) is 3.59. The van der Waals surface area contributed by atoms with Gasteiger partial charge >= 0.3 is 0 Å². The molecule has 0 spiro atoms. The molecule has 3 atom stereocenters. The lowest BCUT2D eigenvalue weighted by Crippen LogP contribution is -2.21. The third-order valence-corrected chi connectivity index (χ3v) is 4.29. The molecule has 2 saturated carbocycles. The predicted molar refractivity (Wildman–Crippen MR) is 64.2 cm³/mol. The van der Waals surface area contributed by atoms with Gasteiger partial charge in [0.25, 0.3) is 0 Å². The third kappa shape index (κ3) is 1.61. The Hall–Kier alpha value is -1.02. The largest absolute Gasteiger partial charge is 0.496 e. The Morgan fingerprint density at radius 3 is 2.56 bits per heavy atom. The molecule has 0 bridgehead atoms. The molecule has 0 saturated heterocycles. The molecule has 3 unspecified atom stereocenters. The van der Waals surface area contributed by atoms with Gasteiger partial charge in [-0.2, -0.15) is 0 Å². The van der Waals surface area contributed by atoms with Crippen LogP contribution in [-0.2, 0) is 0 Å². The van der Waals surface area contributed by atoms with Gasteiger partial charge in [-0.25, -0.2) is 0 Å². The van der Waals surface area contributed by atoms with Crippen LogP contribution in [-0.4, -0.2) is 7.11 Å². The minimum atomic E-state index is 0.156. The summed E-state index contributed by atoms with van der Waals surface area (Å²) in [5.41, 5.74) is 7.56. The highest BCUT2D eigenvalue weighted by Gasteiger charge is 2.47. The van der Waals surface area contributed by atoms with E-state index < -0.39 is 0 Å². The van der Waals surface area contributed by atoms with E-state index in [4.69, 9.17) is 10.5 Å². The fraction of sp³-hybridized carbons (Fsp3) is 0.571. The molecule has 0 radical (unpaired) electrons. The average molecular weight is 217 g/mol. The second-order valence-corrected chi connectivity index (χ2v) is 5.26. The van der Waals surface area contributed by atoms with Crippen molar-refractivity contribution in [2.24, 2.45) is 23.5 Å². The quantitative estimate of drug-likeness (QED) is 0.845. The van der Waals surface area contributed by atoms with Crippen LogP contribution in [0.5, 0.6) is 5.75 Å². The van der Waals surface area contributed by atoms with Gasteiger partial charge in [0.1, 0.15) is 5.75 Å². The number of benzene rings is 1. The van der Waals surface area contributed by atoms with Gasteiger partial charge in [-0.1, -0.05) is 18.2 Å². The second-order valence-electron chi connectivity index (χ2n) is 5.26. The highest BCUT2D eigenvalue weighted by atomic mass is 16.5. The number of nitrogens with two attached hydrogens (primary N) is 1. The van der Waals surface area contributed by atoms with Crippen LogP contribution in [0.4, 0.5) is 0 Å². The molecule has 3 rings (SSSR count). The van der Waals surface area contributed by atoms with Crippen molar-refractivity contribution in [3.63, 3.8) is 0 Å². The van der Waals surface area contributed by atoms with Crippen LogP contribution >= 0.6 is 0 Å². The Morgan fingerprint density at radius 1 is 1.19 bits per heavy atom. The SMILES string of the molecule is COc1ccccc1C(N)C1CC2CC2C1. The first-order valence-electron chi connectivity index (χ1n) is 6.18. The van der Waals surface area contributed by atoms with Gasteiger partial charge in [0, 0.05) is 11.6 Å². The van der Waals surface area contributed by atoms with E-state index >= 15 is 0 Å². The molecule has 0 aromatic heterocycles. The van der Waals surface area contributed by atoms with Crippen molar-refractivity contribution in [3.8, 4) is 5.75 Å². The molecule has 2 nitrogen and oxygen atoms in total. The molecule has 0 aliphatic heterocycles. The maximum absolute atomic E-state index is 6.38. The topological polar surface area (TPSA) is 35.2 Å². The zero-order valence-electron chi connectivity index (χ0n) is 9.73. The molecule has 0 amide bonds. The highest BCUT2D eigenvalue weighted by Crippen LogP contribution is 2.57. The maximum Gasteiger partial charge on any atom is 0.123 e. The second kappa shape index (κ2) is 3.77. The first-order chi connectivity index (χ1) is 7.79. The van der Waals surface area contributed by atoms with Gasteiger partial charge in [-0.05, 0) is 43.1 Å². The fourth-order valence-electron chi connectivity index (χ4n) is 3.25. The minimum absolute atomic E-state index is 0.156. The maximum atomic E-state index is 6.38. The normalized spacial score (nSPS) is 33.2. The number of hydrogen-bond donors (Lipinski definition) is 1. The van der Waals surface area contributed by atoms with Gasteiger partial charge in [0.2, 0.25) is 0 Å². The fourth-order valence-corrected chi connectivity index (χ4v) is 3.25. The van der Waals surface area contributed by atoms with E-state index in [1.807, 2.05) is 18.2 Å². The van der Waals surface area contributed by atoms with Crippen molar-refractivity contribution in [1.29, 1.82) is 0 Å². The zero-order chi connectivity index (χ0) is 11.1. The Labute approximate surface area is 96.8 Å². The molecule has 1 aromatic carbocycles. The lowest BCUT2D eigenvalue weighted by atomic mass is 9.89. The summed E-state index contributed by atoms with van der Waals surface area (Å²) in [5, 5.41) is 0. The van der Waals surface area contributed by atoms with Gasteiger partial charge in [0.15, 0.2) is 0 Å². The van der Waals surface area contributed by atoms with Gasteiger partial charge in [-0.15, -0.1) is 0 Å². The molecule has 0 heterocycles. The van der Waals surface area contributed by atoms with E-state index in [0.717, 1.165) is 17.6 Å². The van der Waals surface area contributed by atoms with E-state index in [-0.39, 0.29) is 6.04 Å². The molecular weight excluding hydrogens is 198 g/mol. The number of methoxy groups -OCH3 is 1. The van der Waals surface area contributed by atoms with E-state index in [1.54, 1.807) is 7.11 Å². The minimum Gasteiger partial charge on any atom is -0.496 e. The Bertz CT molecular complexity index is 380. The van der Waals surface area contributed by atoms with E-state index in [9.17, 15) is 0 Å². The summed E-state index contributed by atoms with van der Waals surface area (Å²) in [6.45, 7) is 0. The summed E-state index contributed by atoms with van der Waals surface area (Å²) in [6, 6.07) is 8.32. The van der Waals surface area contributed by atoms with Crippen molar-refractivity contribution in [3.05, 3.63) is 29.8 Å². The molecule has 1 aromatic rings. The van der Waals surface area contributed by atoms with E-state index in [2.05, 4.69) is 6.07 Å². The van der Waals surface area contributed by atoms with E-state index in [1.165, 1.54) is 24.8 Å². The number of fused-ring (bicyclic) bond motifs is 1. The molecular formula is C14H19NO. The molecule has 2 aliphatic carbocycles. The standard InChI is InChI=1S/C14H19NO/c1-16-13-5-3-2-4-12(13)14(15)11-7-9-6-10(9)8-11/h2-5,9-11,14H,6-8,15H2,1H3. The van der Waals surface area contributed by atoms with Crippen LogP contribution in [0.3, 0.4) is 0 Å². The first-order valence-corrected chi connectivity index (χ1v) is 6.18. The Morgan fingerprint density at radius 2 is 1.88 bits per heavy atom. The lowest BCUT2D eigenvalue weighted by molar-refractivity contribution is 0.371. The van der Waals surface area contributed by atoms with Crippen molar-refractivity contribution >= 4 is 0 Å². The van der Waals surface area contributed by atoms with E-state index in [0.29, 0.717) is 5.92 Å². The summed E-state index contributed by atoms with van der Waals surface area (Å²) in [7, 11) is 1.72. The Kier molecular flexibility index (Phi) is 2.40. The van der Waals surface area contributed by atoms with Crippen LogP contribution < -0.4 is 10.5 Å². The molecule has 86 valence electrons. The highest BCUT2D eigenvalue weighted by molar-refractivity contribution is 5.36. The number of para-hydroxylation sites is 1. The average Bonchev–Trinajstić information content (AvgIpc) is 2.95. The molecule has 2 aliphatic rings. The van der Waals surface area contributed by atoms with Crippen molar-refractivity contribution in [2.45, 2.75) is 25.3 Å². The van der Waals surface area contributed by atoms with Gasteiger partial charge in [0.05, 0.1) is 7.11 Å². The molecule has 2 N–H and O–H groups in total. The molecule has 16 heavy (non-hydrogen) atoms. The zero-order valence-corrected chi connectivity index (χ0v) is 9.73. The van der Waals surface area contributed by atoms with Gasteiger partial charge < -0.3 is 10.5 Å². The molecule has 2 heteroatoms. The van der Waals surface area contributed by atoms with Crippen molar-refractivity contribution in [1.82, 2.24) is 0 Å². The Balaban J connectivity index is 1.80. The lowest BCUT2D eigenvalue weighted by Gasteiger charge is -2.22. The van der Waals surface area contributed by atoms with Crippen LogP contribution in [0.15, 0.2) is 24.3 Å². The summed E-state index contributed by atoms with van der Waals surface area (Å²) < 4.78 is 5.38. The number of ether oxygens (including phenoxy) is 1. The van der Waals surface area contributed by atoms with Crippen LogP contribution in [0.25, 0.3) is 0 Å².